The Bertz CT molecular complexity index is 327. The van der Waals surface area contributed by atoms with Crippen LogP contribution in [0.5, 0.6) is 0 Å². The van der Waals surface area contributed by atoms with E-state index in [-0.39, 0.29) is 5.57 Å². The second-order valence-electron chi connectivity index (χ2n) is 3.53. The van der Waals surface area contributed by atoms with E-state index in [9.17, 15) is 23.1 Å². The molecule has 0 aromatic rings. The summed E-state index contributed by atoms with van der Waals surface area (Å²) in [5.41, 5.74) is 0.00985. The van der Waals surface area contributed by atoms with Crippen molar-refractivity contribution < 1.29 is 37.3 Å². The molecule has 1 saturated heterocycles. The normalized spacial score (nSPS) is 29.8. The van der Waals surface area contributed by atoms with E-state index in [4.69, 9.17) is 0 Å². The van der Waals surface area contributed by atoms with Gasteiger partial charge in [-0.2, -0.15) is 13.2 Å². The number of rotatable bonds is 2. The predicted molar refractivity (Wildman–Crippen MR) is 47.4 cm³/mol. The Kier molecular flexibility index (Phi) is 3.80. The van der Waals surface area contributed by atoms with E-state index in [0.29, 0.717) is 0 Å². The molecule has 0 saturated carbocycles. The van der Waals surface area contributed by atoms with Gasteiger partial charge in [-0.05, 0) is 6.92 Å². The van der Waals surface area contributed by atoms with Crippen molar-refractivity contribution in [3.63, 3.8) is 0 Å². The first-order chi connectivity index (χ1) is 7.66. The zero-order chi connectivity index (χ0) is 13.3. The first-order valence-corrected chi connectivity index (χ1v) is 4.57. The van der Waals surface area contributed by atoms with E-state index in [0.717, 1.165) is 0 Å². The topological polar surface area (TPSA) is 65.0 Å². The maximum Gasteiger partial charge on any atom is 0.443 e. The molecular formula is C9H11F3O5. The zero-order valence-corrected chi connectivity index (χ0v) is 8.91. The van der Waals surface area contributed by atoms with Gasteiger partial charge in [0.25, 0.3) is 5.79 Å². The minimum Gasteiger partial charge on any atom is -0.432 e. The summed E-state index contributed by atoms with van der Waals surface area (Å²) < 4.78 is 50.5. The quantitative estimate of drug-likeness (QED) is 0.591. The van der Waals surface area contributed by atoms with Crippen LogP contribution in [0.25, 0.3) is 0 Å². The fraction of sp³-hybridized carbons (Fsp3) is 0.667. The number of ether oxygens (including phenoxy) is 3. The molecule has 1 rings (SSSR count). The van der Waals surface area contributed by atoms with Crippen molar-refractivity contribution in [1.82, 2.24) is 0 Å². The van der Waals surface area contributed by atoms with Gasteiger partial charge in [0, 0.05) is 5.57 Å². The lowest BCUT2D eigenvalue weighted by molar-refractivity contribution is -0.427. The number of carbonyl (C=O) groups is 1. The number of alkyl halides is 3. The van der Waals surface area contributed by atoms with Gasteiger partial charge in [0.05, 0.1) is 6.42 Å². The summed E-state index contributed by atoms with van der Waals surface area (Å²) in [6.07, 6.45) is -7.57. The first kappa shape index (κ1) is 13.9. The fourth-order valence-corrected chi connectivity index (χ4v) is 1.04. The smallest absolute Gasteiger partial charge is 0.432 e. The molecule has 2 atom stereocenters. The van der Waals surface area contributed by atoms with Crippen LogP contribution in [0.1, 0.15) is 13.3 Å². The van der Waals surface area contributed by atoms with Crippen molar-refractivity contribution in [2.45, 2.75) is 31.6 Å². The van der Waals surface area contributed by atoms with Crippen molar-refractivity contribution in [2.75, 3.05) is 6.79 Å². The van der Waals surface area contributed by atoms with Crippen molar-refractivity contribution in [3.05, 3.63) is 12.2 Å². The molecule has 0 radical (unpaired) electrons. The van der Waals surface area contributed by atoms with E-state index < -0.39 is 37.4 Å². The third kappa shape index (κ3) is 3.18. The highest BCUT2D eigenvalue weighted by Gasteiger charge is 2.59. The molecule has 8 heteroatoms. The minimum absolute atomic E-state index is 0.00985. The summed E-state index contributed by atoms with van der Waals surface area (Å²) in [6, 6.07) is 0. The Morgan fingerprint density at radius 1 is 1.59 bits per heavy atom. The number of halogens is 3. The van der Waals surface area contributed by atoms with Crippen LogP contribution in [-0.2, 0) is 19.0 Å². The van der Waals surface area contributed by atoms with Gasteiger partial charge in [-0.1, -0.05) is 6.58 Å². The molecule has 1 heterocycles. The molecule has 0 aromatic carbocycles. The Balaban J connectivity index is 2.67. The second kappa shape index (κ2) is 4.63. The van der Waals surface area contributed by atoms with Crippen LogP contribution in [0.15, 0.2) is 12.2 Å². The highest BCUT2D eigenvalue weighted by atomic mass is 19.4. The molecule has 1 aliphatic rings. The number of hydrogen-bond donors (Lipinski definition) is 1. The molecular weight excluding hydrogens is 245 g/mol. The van der Waals surface area contributed by atoms with Gasteiger partial charge in [0.1, 0.15) is 0 Å². The lowest BCUT2D eigenvalue weighted by Crippen LogP contribution is -2.54. The Morgan fingerprint density at radius 3 is 2.65 bits per heavy atom. The van der Waals surface area contributed by atoms with Crippen LogP contribution in [-0.4, -0.2) is 36.1 Å². The Labute approximate surface area is 94.8 Å². The number of aliphatic hydroxyl groups is 1. The van der Waals surface area contributed by atoms with E-state index in [1.165, 1.54) is 6.92 Å². The minimum atomic E-state index is -5.00. The summed E-state index contributed by atoms with van der Waals surface area (Å²) in [4.78, 5) is 11.1. The number of hydrogen-bond acceptors (Lipinski definition) is 5. The van der Waals surface area contributed by atoms with Crippen molar-refractivity contribution in [1.29, 1.82) is 0 Å². The van der Waals surface area contributed by atoms with Crippen LogP contribution < -0.4 is 0 Å². The summed E-state index contributed by atoms with van der Waals surface area (Å²) in [5, 5.41) is 9.19. The SMILES string of the molecule is C=C(C)C(=O)OC1CC(O)(C(F)(F)F)OCO1. The first-order valence-electron chi connectivity index (χ1n) is 4.57. The third-order valence-electron chi connectivity index (χ3n) is 2.02. The Hall–Kier alpha value is -1.12. The fourth-order valence-electron chi connectivity index (χ4n) is 1.04. The maximum atomic E-state index is 12.4. The standard InChI is InChI=1S/C9H11F3O5/c1-5(2)7(13)17-6-3-8(14,9(10,11)12)16-4-15-6/h6,14H,1,3-4H2,2H3. The van der Waals surface area contributed by atoms with Crippen LogP contribution >= 0.6 is 0 Å². The molecule has 0 aromatic heterocycles. The van der Waals surface area contributed by atoms with Gasteiger partial charge < -0.3 is 19.3 Å². The van der Waals surface area contributed by atoms with Crippen LogP contribution in [0.4, 0.5) is 13.2 Å². The average Bonchev–Trinajstić information content (AvgIpc) is 2.15. The van der Waals surface area contributed by atoms with Gasteiger partial charge in [0.2, 0.25) is 6.29 Å². The molecule has 2 unspecified atom stereocenters. The number of esters is 1. The summed E-state index contributed by atoms with van der Waals surface area (Å²) in [5.74, 6) is -4.27. The summed E-state index contributed by atoms with van der Waals surface area (Å²) >= 11 is 0. The third-order valence-corrected chi connectivity index (χ3v) is 2.02. The molecule has 5 nitrogen and oxygen atoms in total. The molecule has 1 fully saturated rings. The van der Waals surface area contributed by atoms with Gasteiger partial charge in [-0.15, -0.1) is 0 Å². The lowest BCUT2D eigenvalue weighted by Gasteiger charge is -2.36. The molecule has 1 aliphatic heterocycles. The zero-order valence-electron chi connectivity index (χ0n) is 8.91. The molecule has 0 aliphatic carbocycles. The van der Waals surface area contributed by atoms with E-state index >= 15 is 0 Å². The predicted octanol–water partition coefficient (Wildman–Crippen LogP) is 1.08. The highest BCUT2D eigenvalue weighted by Crippen LogP contribution is 2.38. The Morgan fingerprint density at radius 2 is 2.18 bits per heavy atom. The molecule has 0 bridgehead atoms. The van der Waals surface area contributed by atoms with Crippen LogP contribution in [0.3, 0.4) is 0 Å². The van der Waals surface area contributed by atoms with Gasteiger partial charge in [-0.25, -0.2) is 4.79 Å². The summed E-state index contributed by atoms with van der Waals surface area (Å²) in [7, 11) is 0. The van der Waals surface area contributed by atoms with Gasteiger partial charge in [0.15, 0.2) is 6.79 Å². The molecule has 1 N–H and O–H groups in total. The molecule has 17 heavy (non-hydrogen) atoms. The molecule has 0 spiro atoms. The average molecular weight is 256 g/mol. The second-order valence-corrected chi connectivity index (χ2v) is 3.53. The van der Waals surface area contributed by atoms with Crippen molar-refractivity contribution >= 4 is 5.97 Å². The highest BCUT2D eigenvalue weighted by molar-refractivity contribution is 5.87. The maximum absolute atomic E-state index is 12.4. The van der Waals surface area contributed by atoms with E-state index in [1.807, 2.05) is 0 Å². The van der Waals surface area contributed by atoms with Gasteiger partial charge >= 0.3 is 12.1 Å². The molecule has 0 amide bonds. The van der Waals surface area contributed by atoms with Gasteiger partial charge in [-0.3, -0.25) is 0 Å². The van der Waals surface area contributed by atoms with Crippen molar-refractivity contribution in [2.24, 2.45) is 0 Å². The van der Waals surface area contributed by atoms with Crippen LogP contribution in [0.2, 0.25) is 0 Å². The lowest BCUT2D eigenvalue weighted by atomic mass is 10.1. The van der Waals surface area contributed by atoms with E-state index in [1.54, 1.807) is 0 Å². The van der Waals surface area contributed by atoms with Crippen LogP contribution in [0, 0.1) is 0 Å². The number of carbonyl (C=O) groups excluding carboxylic acids is 1. The summed E-state index contributed by atoms with van der Waals surface area (Å²) in [6.45, 7) is 3.76. The van der Waals surface area contributed by atoms with E-state index in [2.05, 4.69) is 20.8 Å². The molecule has 98 valence electrons. The largest absolute Gasteiger partial charge is 0.443 e. The van der Waals surface area contributed by atoms with Crippen molar-refractivity contribution in [3.8, 4) is 0 Å². The monoisotopic (exact) mass is 256 g/mol.